The summed E-state index contributed by atoms with van der Waals surface area (Å²) >= 11 is 0. The molecule has 1 aliphatic heterocycles. The second kappa shape index (κ2) is 6.55. The van der Waals surface area contributed by atoms with Gasteiger partial charge < -0.3 is 10.2 Å². The Labute approximate surface area is 118 Å². The monoisotopic (exact) mass is 269 g/mol. The van der Waals surface area contributed by atoms with Gasteiger partial charge in [0.25, 0.3) is 0 Å². The van der Waals surface area contributed by atoms with Gasteiger partial charge in [-0.05, 0) is 45.1 Å². The van der Waals surface area contributed by atoms with E-state index < -0.39 is 5.60 Å². The minimum atomic E-state index is -0.543. The molecule has 0 radical (unpaired) electrons. The fourth-order valence-corrected chi connectivity index (χ4v) is 3.97. The average molecular weight is 269 g/mol. The van der Waals surface area contributed by atoms with Crippen LogP contribution < -0.4 is 0 Å². The molecule has 0 spiro atoms. The quantitative estimate of drug-likeness (QED) is 0.806. The highest BCUT2D eigenvalue weighted by Crippen LogP contribution is 2.36. The minimum Gasteiger partial charge on any atom is -0.393 e. The maximum absolute atomic E-state index is 10.6. The number of aliphatic hydroxyl groups excluding tert-OH is 1. The molecular weight excluding hydrogens is 238 g/mol. The molecule has 2 N–H and O–H groups in total. The summed E-state index contributed by atoms with van der Waals surface area (Å²) in [6.07, 6.45) is 8.55. The molecule has 1 saturated carbocycles. The lowest BCUT2D eigenvalue weighted by atomic mass is 9.86. The molecule has 1 saturated heterocycles. The van der Waals surface area contributed by atoms with Crippen LogP contribution in [-0.2, 0) is 0 Å². The SMILES string of the molecule is CCC(O)(CC)CN1CCCCC1C1CCCC1O. The molecule has 0 aromatic carbocycles. The van der Waals surface area contributed by atoms with Gasteiger partial charge in [-0.3, -0.25) is 4.90 Å². The summed E-state index contributed by atoms with van der Waals surface area (Å²) in [5.74, 6) is 0.443. The molecular formula is C16H31NO2. The first-order chi connectivity index (χ1) is 9.09. The van der Waals surface area contributed by atoms with Crippen molar-refractivity contribution in [3.8, 4) is 0 Å². The Balaban J connectivity index is 2.03. The number of likely N-dealkylation sites (tertiary alicyclic amines) is 1. The molecule has 0 bridgehead atoms. The van der Waals surface area contributed by atoms with Crippen molar-refractivity contribution in [2.75, 3.05) is 13.1 Å². The first-order valence-corrected chi connectivity index (χ1v) is 8.24. The van der Waals surface area contributed by atoms with Crippen molar-refractivity contribution < 1.29 is 10.2 Å². The second-order valence-corrected chi connectivity index (χ2v) is 6.63. The van der Waals surface area contributed by atoms with Crippen LogP contribution >= 0.6 is 0 Å². The van der Waals surface area contributed by atoms with E-state index in [1.165, 1.54) is 32.1 Å². The Hall–Kier alpha value is -0.120. The lowest BCUT2D eigenvalue weighted by molar-refractivity contribution is -0.0432. The van der Waals surface area contributed by atoms with Crippen LogP contribution in [0.1, 0.15) is 65.2 Å². The van der Waals surface area contributed by atoms with Crippen molar-refractivity contribution in [1.29, 1.82) is 0 Å². The van der Waals surface area contributed by atoms with E-state index in [1.54, 1.807) is 0 Å². The Kier molecular flexibility index (Phi) is 5.27. The van der Waals surface area contributed by atoms with Gasteiger partial charge in [-0.25, -0.2) is 0 Å². The van der Waals surface area contributed by atoms with Gasteiger partial charge in [0, 0.05) is 18.5 Å². The van der Waals surface area contributed by atoms with Crippen LogP contribution in [0.25, 0.3) is 0 Å². The van der Waals surface area contributed by atoms with Gasteiger partial charge in [0.15, 0.2) is 0 Å². The number of hydrogen-bond acceptors (Lipinski definition) is 3. The third kappa shape index (κ3) is 3.50. The fourth-order valence-electron chi connectivity index (χ4n) is 3.97. The van der Waals surface area contributed by atoms with Crippen LogP contribution in [0.15, 0.2) is 0 Å². The molecule has 2 fully saturated rings. The van der Waals surface area contributed by atoms with Gasteiger partial charge in [-0.15, -0.1) is 0 Å². The molecule has 3 atom stereocenters. The van der Waals surface area contributed by atoms with Crippen LogP contribution in [0.2, 0.25) is 0 Å². The Morgan fingerprint density at radius 1 is 1.05 bits per heavy atom. The van der Waals surface area contributed by atoms with E-state index in [0.717, 1.165) is 32.4 Å². The standard InChI is InChI=1S/C16H31NO2/c1-3-16(19,4-2)12-17-11-6-5-9-14(17)13-8-7-10-15(13)18/h13-15,18-19H,3-12H2,1-2H3. The second-order valence-electron chi connectivity index (χ2n) is 6.63. The first-order valence-electron chi connectivity index (χ1n) is 8.24. The molecule has 1 heterocycles. The molecule has 3 nitrogen and oxygen atoms in total. The molecule has 0 amide bonds. The number of β-amino-alcohol motifs (C(OH)–C–C–N with tert-alkyl or cyclic N) is 1. The molecule has 1 aliphatic carbocycles. The highest BCUT2D eigenvalue weighted by Gasteiger charge is 2.39. The van der Waals surface area contributed by atoms with Crippen molar-refractivity contribution in [3.63, 3.8) is 0 Å². The maximum atomic E-state index is 10.6. The van der Waals surface area contributed by atoms with Crippen molar-refractivity contribution in [1.82, 2.24) is 4.90 Å². The summed E-state index contributed by atoms with van der Waals surface area (Å²) < 4.78 is 0. The summed E-state index contributed by atoms with van der Waals surface area (Å²) in [7, 11) is 0. The lowest BCUT2D eigenvalue weighted by Gasteiger charge is -2.44. The fraction of sp³-hybridized carbons (Fsp3) is 1.00. The van der Waals surface area contributed by atoms with E-state index in [0.29, 0.717) is 12.0 Å². The number of aliphatic hydroxyl groups is 2. The third-order valence-corrected chi connectivity index (χ3v) is 5.50. The van der Waals surface area contributed by atoms with Crippen LogP contribution in [-0.4, -0.2) is 45.9 Å². The van der Waals surface area contributed by atoms with Gasteiger partial charge in [0.2, 0.25) is 0 Å². The Morgan fingerprint density at radius 3 is 2.37 bits per heavy atom. The van der Waals surface area contributed by atoms with Gasteiger partial charge in [0.1, 0.15) is 0 Å². The van der Waals surface area contributed by atoms with Crippen LogP contribution in [0.5, 0.6) is 0 Å². The number of rotatable bonds is 5. The largest absolute Gasteiger partial charge is 0.393 e. The van der Waals surface area contributed by atoms with Crippen LogP contribution in [0, 0.1) is 5.92 Å². The summed E-state index contributed by atoms with van der Waals surface area (Å²) in [5.41, 5.74) is -0.543. The van der Waals surface area contributed by atoms with E-state index in [4.69, 9.17) is 0 Å². The first kappa shape index (κ1) is 15.3. The van der Waals surface area contributed by atoms with Crippen LogP contribution in [0.4, 0.5) is 0 Å². The Bertz CT molecular complexity index is 278. The minimum absolute atomic E-state index is 0.109. The molecule has 112 valence electrons. The van der Waals surface area contributed by atoms with Crippen molar-refractivity contribution in [2.24, 2.45) is 5.92 Å². The number of nitrogens with zero attached hydrogens (tertiary/aromatic N) is 1. The number of piperidine rings is 1. The molecule has 3 unspecified atom stereocenters. The van der Waals surface area contributed by atoms with Crippen molar-refractivity contribution in [3.05, 3.63) is 0 Å². The van der Waals surface area contributed by atoms with Crippen LogP contribution in [0.3, 0.4) is 0 Å². The zero-order valence-corrected chi connectivity index (χ0v) is 12.6. The highest BCUT2D eigenvalue weighted by atomic mass is 16.3. The predicted octanol–water partition coefficient (Wildman–Crippen LogP) is 2.55. The third-order valence-electron chi connectivity index (χ3n) is 5.50. The van der Waals surface area contributed by atoms with E-state index in [1.807, 2.05) is 0 Å². The molecule has 2 rings (SSSR count). The lowest BCUT2D eigenvalue weighted by Crippen LogP contribution is -2.52. The van der Waals surface area contributed by atoms with Gasteiger partial charge in [-0.1, -0.05) is 26.7 Å². The van der Waals surface area contributed by atoms with Gasteiger partial charge in [-0.2, -0.15) is 0 Å². The smallest absolute Gasteiger partial charge is 0.0769 e. The van der Waals surface area contributed by atoms with E-state index in [9.17, 15) is 10.2 Å². The normalized spacial score (nSPS) is 33.8. The zero-order chi connectivity index (χ0) is 13.9. The molecule has 0 aromatic heterocycles. The molecule has 3 heteroatoms. The summed E-state index contributed by atoms with van der Waals surface area (Å²) in [6, 6.07) is 0.496. The van der Waals surface area contributed by atoms with Gasteiger partial charge in [0.05, 0.1) is 11.7 Å². The zero-order valence-electron chi connectivity index (χ0n) is 12.6. The van der Waals surface area contributed by atoms with Gasteiger partial charge >= 0.3 is 0 Å². The average Bonchev–Trinajstić information content (AvgIpc) is 2.85. The van der Waals surface area contributed by atoms with E-state index in [-0.39, 0.29) is 6.10 Å². The maximum Gasteiger partial charge on any atom is 0.0769 e. The summed E-state index contributed by atoms with van der Waals surface area (Å²) in [5, 5.41) is 20.8. The summed E-state index contributed by atoms with van der Waals surface area (Å²) in [6.45, 7) is 6.03. The van der Waals surface area contributed by atoms with E-state index in [2.05, 4.69) is 18.7 Å². The molecule has 2 aliphatic rings. The van der Waals surface area contributed by atoms with E-state index >= 15 is 0 Å². The number of hydrogen-bond donors (Lipinski definition) is 2. The topological polar surface area (TPSA) is 43.7 Å². The summed E-state index contributed by atoms with van der Waals surface area (Å²) in [4.78, 5) is 2.48. The van der Waals surface area contributed by atoms with Crippen molar-refractivity contribution >= 4 is 0 Å². The van der Waals surface area contributed by atoms with Crippen molar-refractivity contribution in [2.45, 2.75) is 83.0 Å². The molecule has 0 aromatic rings. The highest BCUT2D eigenvalue weighted by molar-refractivity contribution is 4.93. The Morgan fingerprint density at radius 2 is 1.79 bits per heavy atom. The predicted molar refractivity (Wildman–Crippen MR) is 78.1 cm³/mol. The molecule has 19 heavy (non-hydrogen) atoms.